The van der Waals surface area contributed by atoms with E-state index in [0.717, 1.165) is 54.4 Å². The Kier molecular flexibility index (Phi) is 12.6. The second-order valence-corrected chi connectivity index (χ2v) is 11.1. The molecule has 1 heterocycles. The van der Waals surface area contributed by atoms with Crippen LogP contribution in [0, 0.1) is 0 Å². The Morgan fingerprint density at radius 1 is 0.907 bits per heavy atom. The van der Waals surface area contributed by atoms with Crippen LogP contribution < -0.4 is 15.5 Å². The SMILES string of the molecule is CCCCCCCc1ccc(C(=O)NC2CCC(Nc3nc(N(C)C)c4ccccc4n3)CC2)cc1.O=C(O)C(F)(F)F. The van der Waals surface area contributed by atoms with E-state index >= 15 is 0 Å². The third-order valence-electron chi connectivity index (χ3n) is 7.43. The Balaban J connectivity index is 0.000000646. The molecule has 0 saturated heterocycles. The molecule has 1 aliphatic carbocycles. The van der Waals surface area contributed by atoms with Crippen LogP contribution in [0.5, 0.6) is 0 Å². The van der Waals surface area contributed by atoms with Gasteiger partial charge in [0.1, 0.15) is 5.82 Å². The van der Waals surface area contributed by atoms with Crippen LogP contribution in [-0.4, -0.2) is 59.3 Å². The minimum Gasteiger partial charge on any atom is -0.475 e. The second-order valence-electron chi connectivity index (χ2n) is 11.1. The van der Waals surface area contributed by atoms with Crippen LogP contribution in [0.25, 0.3) is 10.9 Å². The minimum absolute atomic E-state index is 0.0365. The van der Waals surface area contributed by atoms with Crippen LogP contribution in [0.15, 0.2) is 48.5 Å². The molecule has 2 aromatic carbocycles. The number of aliphatic carboxylic acids is 1. The van der Waals surface area contributed by atoms with Crippen LogP contribution in [0.3, 0.4) is 0 Å². The number of carbonyl (C=O) groups is 2. The Hall–Kier alpha value is -3.89. The largest absolute Gasteiger partial charge is 0.490 e. The molecule has 3 N–H and O–H groups in total. The molecular formula is C32H42F3N5O3. The monoisotopic (exact) mass is 601 g/mol. The molecular weight excluding hydrogens is 559 g/mol. The summed E-state index contributed by atoms with van der Waals surface area (Å²) in [4.78, 5) is 33.2. The van der Waals surface area contributed by atoms with Gasteiger partial charge in [-0.1, -0.05) is 56.9 Å². The summed E-state index contributed by atoms with van der Waals surface area (Å²) in [5.74, 6) is -1.12. The van der Waals surface area contributed by atoms with E-state index in [1.54, 1.807) is 0 Å². The second kappa shape index (κ2) is 16.1. The van der Waals surface area contributed by atoms with E-state index in [9.17, 15) is 18.0 Å². The third kappa shape index (κ3) is 10.7. The summed E-state index contributed by atoms with van der Waals surface area (Å²) >= 11 is 0. The molecule has 0 radical (unpaired) electrons. The number of carboxylic acid groups (broad SMARTS) is 1. The first-order chi connectivity index (χ1) is 20.5. The predicted octanol–water partition coefficient (Wildman–Crippen LogP) is 7.00. The molecule has 4 rings (SSSR count). The number of alkyl halides is 3. The Labute approximate surface area is 251 Å². The molecule has 1 aromatic heterocycles. The van der Waals surface area contributed by atoms with Crippen molar-refractivity contribution in [2.45, 2.75) is 89.4 Å². The predicted molar refractivity (Wildman–Crippen MR) is 164 cm³/mol. The summed E-state index contributed by atoms with van der Waals surface area (Å²) < 4.78 is 31.7. The molecule has 8 nitrogen and oxygen atoms in total. The van der Waals surface area contributed by atoms with E-state index in [1.165, 1.54) is 37.7 Å². The normalized spacial score (nSPS) is 16.6. The van der Waals surface area contributed by atoms with Gasteiger partial charge in [0.25, 0.3) is 5.91 Å². The fraction of sp³-hybridized carbons (Fsp3) is 0.500. The molecule has 0 aliphatic heterocycles. The van der Waals surface area contributed by atoms with E-state index in [1.807, 2.05) is 49.3 Å². The number of nitrogens with zero attached hydrogens (tertiary/aromatic N) is 3. The highest BCUT2D eigenvalue weighted by atomic mass is 19.4. The lowest BCUT2D eigenvalue weighted by Crippen LogP contribution is -2.40. The molecule has 3 aromatic rings. The van der Waals surface area contributed by atoms with Crippen molar-refractivity contribution in [1.82, 2.24) is 15.3 Å². The zero-order valence-corrected chi connectivity index (χ0v) is 25.1. The van der Waals surface area contributed by atoms with Crippen molar-refractivity contribution in [1.29, 1.82) is 0 Å². The van der Waals surface area contributed by atoms with E-state index in [4.69, 9.17) is 19.9 Å². The van der Waals surface area contributed by atoms with E-state index in [-0.39, 0.29) is 11.9 Å². The number of aromatic nitrogens is 2. The van der Waals surface area contributed by atoms with Crippen LogP contribution in [0.1, 0.15) is 80.6 Å². The van der Waals surface area contributed by atoms with E-state index in [0.29, 0.717) is 12.0 Å². The Morgan fingerprint density at radius 2 is 1.51 bits per heavy atom. The summed E-state index contributed by atoms with van der Waals surface area (Å²) in [6.07, 6.45) is 6.32. The number of amides is 1. The Morgan fingerprint density at radius 3 is 2.12 bits per heavy atom. The number of aryl methyl sites for hydroxylation is 1. The topological polar surface area (TPSA) is 107 Å². The zero-order valence-electron chi connectivity index (χ0n) is 25.1. The molecule has 0 spiro atoms. The molecule has 43 heavy (non-hydrogen) atoms. The Bertz CT molecular complexity index is 1320. The molecule has 1 aliphatic rings. The maximum absolute atomic E-state index is 12.8. The van der Waals surface area contributed by atoms with Gasteiger partial charge in [0, 0.05) is 37.1 Å². The fourth-order valence-corrected chi connectivity index (χ4v) is 5.05. The number of carboxylic acids is 1. The number of nitrogens with one attached hydrogen (secondary N) is 2. The lowest BCUT2D eigenvalue weighted by molar-refractivity contribution is -0.192. The van der Waals surface area contributed by atoms with E-state index < -0.39 is 12.1 Å². The molecule has 0 atom stereocenters. The molecule has 0 unspecified atom stereocenters. The summed E-state index contributed by atoms with van der Waals surface area (Å²) in [6, 6.07) is 16.8. The first-order valence-electron chi connectivity index (χ1n) is 14.9. The van der Waals surface area contributed by atoms with Gasteiger partial charge >= 0.3 is 12.1 Å². The number of para-hydroxylation sites is 1. The summed E-state index contributed by atoms with van der Waals surface area (Å²) in [5.41, 5.74) is 3.02. The van der Waals surface area contributed by atoms with Gasteiger partial charge in [0.05, 0.1) is 5.52 Å². The molecule has 234 valence electrons. The summed E-state index contributed by atoms with van der Waals surface area (Å²) in [7, 11) is 4.02. The third-order valence-corrected chi connectivity index (χ3v) is 7.43. The van der Waals surface area contributed by atoms with Gasteiger partial charge in [-0.15, -0.1) is 0 Å². The van der Waals surface area contributed by atoms with Crippen molar-refractivity contribution in [2.75, 3.05) is 24.3 Å². The number of unbranched alkanes of at least 4 members (excludes halogenated alkanes) is 4. The number of halogens is 3. The van der Waals surface area contributed by atoms with Gasteiger partial charge in [-0.25, -0.2) is 9.78 Å². The number of benzene rings is 2. The standard InChI is InChI=1S/C30H41N5O.C2HF3O2/c1-4-5-6-7-8-11-22-14-16-23(17-15-22)29(36)31-24-18-20-25(21-19-24)32-30-33-27-13-10-9-12-26(27)28(34-30)35(2)3;3-2(4,5)1(6)7/h9-10,12-17,24-25H,4-8,11,18-21H2,1-3H3,(H,31,36)(H,32,33,34);(H,6,7). The number of fused-ring (bicyclic) bond motifs is 1. The molecule has 11 heteroatoms. The molecule has 0 bridgehead atoms. The van der Waals surface area contributed by atoms with Gasteiger partial charge < -0.3 is 20.6 Å². The fourth-order valence-electron chi connectivity index (χ4n) is 5.05. The first kappa shape index (κ1) is 33.6. The highest BCUT2D eigenvalue weighted by molar-refractivity contribution is 5.94. The molecule has 1 saturated carbocycles. The average molecular weight is 602 g/mol. The van der Waals surface area contributed by atoms with Crippen LogP contribution in [0.2, 0.25) is 0 Å². The van der Waals surface area contributed by atoms with Crippen LogP contribution >= 0.6 is 0 Å². The highest BCUT2D eigenvalue weighted by Crippen LogP contribution is 2.26. The van der Waals surface area contributed by atoms with Crippen molar-refractivity contribution in [3.8, 4) is 0 Å². The van der Waals surface area contributed by atoms with Gasteiger partial charge in [-0.3, -0.25) is 4.79 Å². The quantitative estimate of drug-likeness (QED) is 0.203. The van der Waals surface area contributed by atoms with Crippen LogP contribution in [0.4, 0.5) is 24.9 Å². The van der Waals surface area contributed by atoms with Crippen LogP contribution in [-0.2, 0) is 11.2 Å². The molecule has 1 fully saturated rings. The maximum atomic E-state index is 12.8. The van der Waals surface area contributed by atoms with E-state index in [2.05, 4.69) is 35.8 Å². The lowest BCUT2D eigenvalue weighted by Gasteiger charge is -2.30. The lowest BCUT2D eigenvalue weighted by atomic mass is 9.91. The van der Waals surface area contributed by atoms with Gasteiger partial charge in [0.2, 0.25) is 5.95 Å². The summed E-state index contributed by atoms with van der Waals surface area (Å²) in [6.45, 7) is 2.24. The smallest absolute Gasteiger partial charge is 0.475 e. The zero-order chi connectivity index (χ0) is 31.4. The number of rotatable bonds is 11. The van der Waals surface area contributed by atoms with Crippen molar-refractivity contribution in [3.63, 3.8) is 0 Å². The van der Waals surface area contributed by atoms with Crippen molar-refractivity contribution in [2.24, 2.45) is 0 Å². The average Bonchev–Trinajstić information content (AvgIpc) is 2.97. The van der Waals surface area contributed by atoms with Crippen molar-refractivity contribution in [3.05, 3.63) is 59.7 Å². The van der Waals surface area contributed by atoms with Gasteiger partial charge in [-0.05, 0) is 68.4 Å². The summed E-state index contributed by atoms with van der Waals surface area (Å²) in [5, 5.41) is 15.0. The number of anilines is 2. The first-order valence-corrected chi connectivity index (χ1v) is 14.9. The minimum atomic E-state index is -5.08. The van der Waals surface area contributed by atoms with Gasteiger partial charge in [-0.2, -0.15) is 18.2 Å². The number of hydrogen-bond acceptors (Lipinski definition) is 6. The van der Waals surface area contributed by atoms with Gasteiger partial charge in [0.15, 0.2) is 0 Å². The molecule has 1 amide bonds. The number of hydrogen-bond donors (Lipinski definition) is 3. The van der Waals surface area contributed by atoms with Crippen molar-refractivity contribution >= 4 is 34.5 Å². The van der Waals surface area contributed by atoms with Crippen molar-refractivity contribution < 1.29 is 27.9 Å². The highest BCUT2D eigenvalue weighted by Gasteiger charge is 2.38. The maximum Gasteiger partial charge on any atom is 0.490 e. The number of carbonyl (C=O) groups excluding carboxylic acids is 1.